The molecule has 0 unspecified atom stereocenters. The van der Waals surface area contributed by atoms with Gasteiger partial charge in [0.2, 0.25) is 16.9 Å². The minimum atomic E-state index is -1.45. The van der Waals surface area contributed by atoms with Gasteiger partial charge in [-0.15, -0.1) is 0 Å². The minimum absolute atomic E-state index is 0.105. The number of rotatable bonds is 7. The van der Waals surface area contributed by atoms with E-state index in [4.69, 9.17) is 0 Å². The van der Waals surface area contributed by atoms with Crippen molar-refractivity contribution in [3.63, 3.8) is 0 Å². The number of aromatic nitrogens is 1. The maximum Gasteiger partial charge on any atom is 0.249 e. The average Bonchev–Trinajstić information content (AvgIpc) is 3.26. The van der Waals surface area contributed by atoms with Gasteiger partial charge in [-0.05, 0) is 61.4 Å². The van der Waals surface area contributed by atoms with Crippen LogP contribution in [0.2, 0.25) is 0 Å². The number of aliphatic hydroxyl groups is 1. The third kappa shape index (κ3) is 5.77. The van der Waals surface area contributed by atoms with Gasteiger partial charge in [-0.1, -0.05) is 12.1 Å². The molecule has 3 rings (SSSR count). The van der Waals surface area contributed by atoms with Gasteiger partial charge in [0.05, 0.1) is 0 Å². The average molecular weight is 460 g/mol. The number of benzene rings is 1. The summed E-state index contributed by atoms with van der Waals surface area (Å²) in [4.78, 5) is 43.6. The van der Waals surface area contributed by atoms with E-state index in [1.54, 1.807) is 24.4 Å². The summed E-state index contributed by atoms with van der Waals surface area (Å²) in [5.74, 6) is -1.80. The van der Waals surface area contributed by atoms with E-state index in [1.165, 1.54) is 30.0 Å². The molecule has 0 aliphatic carbocycles. The number of hydrogen-bond donors (Lipinski definition) is 4. The standard InChI is InChI=1S/C22H25N3O6S/c1-13(24-20(29)18(28)12-14-7-8-16(26)17(27)11-14)21(30)25-10-4-5-15(25)22(31)32-19-6-2-3-9-23-19/h2-3,6-9,11,13,15,18,26-28H,4-5,10,12H2,1H3,(H,24,29)/t13-,15-,18+/m0/s1. The van der Waals surface area contributed by atoms with Crippen LogP contribution in [0.5, 0.6) is 11.5 Å². The quantitative estimate of drug-likeness (QED) is 0.358. The fraction of sp³-hybridized carbons (Fsp3) is 0.364. The molecule has 1 aromatic carbocycles. The Morgan fingerprint density at radius 2 is 2.00 bits per heavy atom. The summed E-state index contributed by atoms with van der Waals surface area (Å²) in [7, 11) is 0. The summed E-state index contributed by atoms with van der Waals surface area (Å²) >= 11 is 0.986. The molecule has 0 bridgehead atoms. The van der Waals surface area contributed by atoms with E-state index in [0.717, 1.165) is 11.8 Å². The second-order valence-electron chi connectivity index (χ2n) is 7.55. The van der Waals surface area contributed by atoms with E-state index in [9.17, 15) is 29.7 Å². The molecule has 0 spiro atoms. The monoisotopic (exact) mass is 459 g/mol. The molecule has 0 radical (unpaired) electrons. The lowest BCUT2D eigenvalue weighted by atomic mass is 10.1. The lowest BCUT2D eigenvalue weighted by molar-refractivity contribution is -0.140. The first-order chi connectivity index (χ1) is 15.3. The number of nitrogens with one attached hydrogen (secondary N) is 1. The van der Waals surface area contributed by atoms with Crippen LogP contribution in [0.1, 0.15) is 25.3 Å². The van der Waals surface area contributed by atoms with Crippen molar-refractivity contribution in [2.45, 2.75) is 49.4 Å². The summed E-state index contributed by atoms with van der Waals surface area (Å²) in [5.41, 5.74) is 0.443. The lowest BCUT2D eigenvalue weighted by Gasteiger charge is -2.27. The predicted octanol–water partition coefficient (Wildman–Crippen LogP) is 1.21. The number of pyridine rings is 1. The number of thioether (sulfide) groups is 1. The van der Waals surface area contributed by atoms with Crippen molar-refractivity contribution in [3.8, 4) is 11.5 Å². The number of phenols is 2. The van der Waals surface area contributed by atoms with Crippen LogP contribution in [0.4, 0.5) is 0 Å². The van der Waals surface area contributed by atoms with Gasteiger partial charge in [0.15, 0.2) is 11.5 Å². The number of phenolic OH excluding ortho intramolecular Hbond substituents is 2. The molecule has 1 saturated heterocycles. The molecule has 0 saturated carbocycles. The zero-order valence-electron chi connectivity index (χ0n) is 17.5. The highest BCUT2D eigenvalue weighted by atomic mass is 32.2. The zero-order chi connectivity index (χ0) is 23.3. The first-order valence-electron chi connectivity index (χ1n) is 10.2. The number of carbonyl (C=O) groups is 3. The van der Waals surface area contributed by atoms with Crippen LogP contribution >= 0.6 is 11.8 Å². The topological polar surface area (TPSA) is 140 Å². The van der Waals surface area contributed by atoms with Gasteiger partial charge < -0.3 is 25.5 Å². The van der Waals surface area contributed by atoms with Gasteiger partial charge >= 0.3 is 0 Å². The van der Waals surface area contributed by atoms with E-state index in [0.29, 0.717) is 30.0 Å². The summed E-state index contributed by atoms with van der Waals surface area (Å²) in [5, 5.41) is 31.9. The summed E-state index contributed by atoms with van der Waals surface area (Å²) in [6.07, 6.45) is 1.25. The fourth-order valence-corrected chi connectivity index (χ4v) is 4.33. The maximum atomic E-state index is 12.9. The van der Waals surface area contributed by atoms with Gasteiger partial charge in [0, 0.05) is 19.2 Å². The molecular weight excluding hydrogens is 434 g/mol. The van der Waals surface area contributed by atoms with Crippen LogP contribution in [0, 0.1) is 0 Å². The number of aliphatic hydroxyl groups excluding tert-OH is 1. The van der Waals surface area contributed by atoms with Crippen molar-refractivity contribution in [2.75, 3.05) is 6.54 Å². The van der Waals surface area contributed by atoms with Gasteiger partial charge in [-0.2, -0.15) is 0 Å². The number of aromatic hydroxyl groups is 2. The Kier molecular flexibility index (Phi) is 7.70. The van der Waals surface area contributed by atoms with Crippen LogP contribution in [-0.2, 0) is 20.8 Å². The summed E-state index contributed by atoms with van der Waals surface area (Å²) in [6.45, 7) is 1.92. The van der Waals surface area contributed by atoms with Crippen molar-refractivity contribution in [1.82, 2.24) is 15.2 Å². The highest BCUT2D eigenvalue weighted by molar-refractivity contribution is 8.13. The molecule has 3 atom stereocenters. The van der Waals surface area contributed by atoms with E-state index in [-0.39, 0.29) is 23.0 Å². The van der Waals surface area contributed by atoms with Crippen LogP contribution in [0.25, 0.3) is 0 Å². The largest absolute Gasteiger partial charge is 0.504 e. The van der Waals surface area contributed by atoms with E-state index >= 15 is 0 Å². The molecule has 170 valence electrons. The number of hydrogen-bond acceptors (Lipinski definition) is 8. The first kappa shape index (κ1) is 23.6. The molecule has 1 fully saturated rings. The SMILES string of the molecule is C[C@H](NC(=O)[C@H](O)Cc1ccc(O)c(O)c1)C(=O)N1CCC[C@H]1C(=O)Sc1ccccn1. The molecule has 9 nitrogen and oxygen atoms in total. The Hall–Kier alpha value is -3.11. The van der Waals surface area contributed by atoms with Gasteiger partial charge in [-0.25, -0.2) is 4.98 Å². The Labute approximate surface area is 189 Å². The molecule has 2 amide bonds. The third-order valence-electron chi connectivity index (χ3n) is 5.15. The number of amides is 2. The van der Waals surface area contributed by atoms with Gasteiger partial charge in [0.1, 0.15) is 23.2 Å². The van der Waals surface area contributed by atoms with E-state index in [2.05, 4.69) is 10.3 Å². The molecular formula is C22H25N3O6S. The number of likely N-dealkylation sites (tertiary alicyclic amines) is 1. The van der Waals surface area contributed by atoms with Crippen molar-refractivity contribution < 1.29 is 29.7 Å². The Morgan fingerprint density at radius 3 is 2.69 bits per heavy atom. The molecule has 1 aliphatic heterocycles. The number of nitrogens with zero attached hydrogens (tertiary/aromatic N) is 2. The van der Waals surface area contributed by atoms with Crippen molar-refractivity contribution >= 4 is 28.7 Å². The molecule has 4 N–H and O–H groups in total. The fourth-order valence-electron chi connectivity index (χ4n) is 3.49. The second kappa shape index (κ2) is 10.5. The second-order valence-corrected chi connectivity index (χ2v) is 8.58. The van der Waals surface area contributed by atoms with E-state index in [1.807, 2.05) is 0 Å². The lowest BCUT2D eigenvalue weighted by Crippen LogP contribution is -2.52. The van der Waals surface area contributed by atoms with Crippen molar-refractivity contribution in [1.29, 1.82) is 0 Å². The normalized spacial score (nSPS) is 17.6. The Balaban J connectivity index is 1.56. The molecule has 32 heavy (non-hydrogen) atoms. The maximum absolute atomic E-state index is 12.9. The Morgan fingerprint density at radius 1 is 1.22 bits per heavy atom. The zero-order valence-corrected chi connectivity index (χ0v) is 18.3. The van der Waals surface area contributed by atoms with Crippen LogP contribution < -0.4 is 5.32 Å². The third-order valence-corrected chi connectivity index (χ3v) is 6.08. The molecule has 1 aliphatic rings. The summed E-state index contributed by atoms with van der Waals surface area (Å²) in [6, 6.07) is 7.71. The van der Waals surface area contributed by atoms with Gasteiger partial charge in [0.25, 0.3) is 0 Å². The first-order valence-corrected chi connectivity index (χ1v) is 11.0. The Bertz CT molecular complexity index is 987. The number of carbonyl (C=O) groups excluding carboxylic acids is 3. The highest BCUT2D eigenvalue weighted by Crippen LogP contribution is 2.27. The van der Waals surface area contributed by atoms with Crippen LogP contribution in [-0.4, -0.2) is 66.9 Å². The highest BCUT2D eigenvalue weighted by Gasteiger charge is 2.37. The summed E-state index contributed by atoms with van der Waals surface area (Å²) < 4.78 is 0. The van der Waals surface area contributed by atoms with Gasteiger partial charge in [-0.3, -0.25) is 14.4 Å². The van der Waals surface area contributed by atoms with Crippen molar-refractivity contribution in [3.05, 3.63) is 48.2 Å². The molecule has 10 heteroatoms. The molecule has 1 aromatic heterocycles. The molecule has 2 heterocycles. The molecule has 2 aromatic rings. The van der Waals surface area contributed by atoms with Crippen LogP contribution in [0.3, 0.4) is 0 Å². The smallest absolute Gasteiger partial charge is 0.249 e. The predicted molar refractivity (Wildman–Crippen MR) is 117 cm³/mol. The van der Waals surface area contributed by atoms with Crippen LogP contribution in [0.15, 0.2) is 47.6 Å². The minimum Gasteiger partial charge on any atom is -0.504 e. The van der Waals surface area contributed by atoms with E-state index < -0.39 is 30.0 Å². The van der Waals surface area contributed by atoms with Crippen molar-refractivity contribution in [2.24, 2.45) is 0 Å².